The maximum atomic E-state index is 6.03. The summed E-state index contributed by atoms with van der Waals surface area (Å²) in [6.45, 7) is 4.08. The van der Waals surface area contributed by atoms with Crippen LogP contribution in [-0.4, -0.2) is 15.0 Å². The first-order chi connectivity index (χ1) is 7.66. The monoisotopic (exact) mass is 234 g/mol. The summed E-state index contributed by atoms with van der Waals surface area (Å²) in [5.74, 6) is 0.674. The van der Waals surface area contributed by atoms with E-state index in [4.69, 9.17) is 5.73 Å². The van der Waals surface area contributed by atoms with Gasteiger partial charge in [0, 0.05) is 23.7 Å². The van der Waals surface area contributed by atoms with Gasteiger partial charge < -0.3 is 5.73 Å². The van der Waals surface area contributed by atoms with Gasteiger partial charge in [-0.3, -0.25) is 0 Å². The summed E-state index contributed by atoms with van der Waals surface area (Å²) in [6, 6.07) is 1.61. The number of thiazole rings is 1. The highest BCUT2D eigenvalue weighted by molar-refractivity contribution is 7.11. The van der Waals surface area contributed by atoms with E-state index in [1.165, 1.54) is 4.88 Å². The second-order valence-corrected chi connectivity index (χ2v) is 4.95. The molecule has 2 aromatic heterocycles. The van der Waals surface area contributed by atoms with E-state index >= 15 is 0 Å². The van der Waals surface area contributed by atoms with E-state index in [2.05, 4.69) is 21.9 Å². The average molecular weight is 234 g/mol. The van der Waals surface area contributed by atoms with E-state index in [0.29, 0.717) is 12.2 Å². The minimum atomic E-state index is -0.175. The number of hydrogen-bond donors (Lipinski definition) is 1. The van der Waals surface area contributed by atoms with Gasteiger partial charge in [-0.1, -0.05) is 0 Å². The van der Waals surface area contributed by atoms with Crippen molar-refractivity contribution in [3.63, 3.8) is 0 Å². The summed E-state index contributed by atoms with van der Waals surface area (Å²) in [6.07, 6.45) is 4.12. The van der Waals surface area contributed by atoms with Gasteiger partial charge in [0.25, 0.3) is 0 Å². The van der Waals surface area contributed by atoms with Crippen molar-refractivity contribution in [3.05, 3.63) is 39.9 Å². The fourth-order valence-corrected chi connectivity index (χ4v) is 2.40. The molecule has 2 aromatic rings. The minimum Gasteiger partial charge on any atom is -0.321 e. The first-order valence-corrected chi connectivity index (χ1v) is 5.94. The van der Waals surface area contributed by atoms with Gasteiger partial charge in [0.15, 0.2) is 0 Å². The molecule has 1 atom stereocenters. The van der Waals surface area contributed by atoms with E-state index in [-0.39, 0.29) is 6.04 Å². The van der Waals surface area contributed by atoms with Crippen LogP contribution in [-0.2, 0) is 6.42 Å². The maximum absolute atomic E-state index is 6.03. The van der Waals surface area contributed by atoms with E-state index in [1.807, 2.05) is 6.92 Å². The van der Waals surface area contributed by atoms with E-state index in [0.717, 1.165) is 10.7 Å². The summed E-state index contributed by atoms with van der Waals surface area (Å²) < 4.78 is 0. The molecule has 2 heterocycles. The van der Waals surface area contributed by atoms with Crippen LogP contribution in [0.5, 0.6) is 0 Å². The molecule has 0 aliphatic rings. The molecule has 0 bridgehead atoms. The molecule has 5 heteroatoms. The number of rotatable bonds is 3. The number of nitrogens with zero attached hydrogens (tertiary/aromatic N) is 3. The van der Waals surface area contributed by atoms with Gasteiger partial charge in [-0.2, -0.15) is 0 Å². The van der Waals surface area contributed by atoms with Gasteiger partial charge in [0.05, 0.1) is 16.7 Å². The lowest BCUT2D eigenvalue weighted by atomic mass is 10.2. The summed E-state index contributed by atoms with van der Waals surface area (Å²) in [5.41, 5.74) is 7.11. The smallest absolute Gasteiger partial charge is 0.145 e. The van der Waals surface area contributed by atoms with Crippen LogP contribution in [0.3, 0.4) is 0 Å². The molecule has 0 fully saturated rings. The van der Waals surface area contributed by atoms with Gasteiger partial charge in [0.2, 0.25) is 0 Å². The van der Waals surface area contributed by atoms with Gasteiger partial charge in [0.1, 0.15) is 5.82 Å². The highest BCUT2D eigenvalue weighted by atomic mass is 32.1. The van der Waals surface area contributed by atoms with Crippen LogP contribution in [0, 0.1) is 13.8 Å². The van der Waals surface area contributed by atoms with Crippen molar-refractivity contribution >= 4 is 11.3 Å². The number of aryl methyl sites for hydroxylation is 2. The lowest BCUT2D eigenvalue weighted by Crippen LogP contribution is -2.16. The largest absolute Gasteiger partial charge is 0.321 e. The Kier molecular flexibility index (Phi) is 3.26. The predicted octanol–water partition coefficient (Wildman–Crippen LogP) is 1.79. The van der Waals surface area contributed by atoms with Crippen LogP contribution < -0.4 is 5.73 Å². The molecule has 2 rings (SSSR count). The molecule has 0 saturated carbocycles. The summed E-state index contributed by atoms with van der Waals surface area (Å²) in [4.78, 5) is 14.0. The Labute approximate surface area is 98.6 Å². The molecule has 2 N–H and O–H groups in total. The number of hydrogen-bond acceptors (Lipinski definition) is 5. The van der Waals surface area contributed by atoms with Gasteiger partial charge in [-0.05, 0) is 19.9 Å². The third kappa shape index (κ3) is 2.43. The minimum absolute atomic E-state index is 0.175. The first kappa shape index (κ1) is 11.2. The molecule has 0 saturated heterocycles. The van der Waals surface area contributed by atoms with Gasteiger partial charge in [-0.15, -0.1) is 11.3 Å². The van der Waals surface area contributed by atoms with Crippen LogP contribution in [0.15, 0.2) is 18.5 Å². The highest BCUT2D eigenvalue weighted by Crippen LogP contribution is 2.20. The molecule has 0 aliphatic carbocycles. The Balaban J connectivity index is 2.11. The molecule has 4 nitrogen and oxygen atoms in total. The first-order valence-electron chi connectivity index (χ1n) is 5.12. The van der Waals surface area contributed by atoms with Crippen molar-refractivity contribution in [3.8, 4) is 0 Å². The molecule has 0 aliphatic heterocycles. The Hall–Kier alpha value is -1.33. The third-order valence-electron chi connectivity index (χ3n) is 2.38. The number of aromatic nitrogens is 3. The normalized spacial score (nSPS) is 12.7. The van der Waals surface area contributed by atoms with Crippen molar-refractivity contribution in [1.82, 2.24) is 15.0 Å². The zero-order valence-electron chi connectivity index (χ0n) is 9.34. The SMILES string of the molecule is Cc1nc(CC(N)c2ncccn2)sc1C. The molecule has 0 aromatic carbocycles. The van der Waals surface area contributed by atoms with Crippen LogP contribution in [0.1, 0.15) is 27.4 Å². The second-order valence-electron chi connectivity index (χ2n) is 3.67. The van der Waals surface area contributed by atoms with Gasteiger partial charge >= 0.3 is 0 Å². The van der Waals surface area contributed by atoms with Gasteiger partial charge in [-0.25, -0.2) is 15.0 Å². The molecule has 0 amide bonds. The molecule has 0 spiro atoms. The van der Waals surface area contributed by atoms with Crippen molar-refractivity contribution in [2.75, 3.05) is 0 Å². The van der Waals surface area contributed by atoms with Crippen LogP contribution in [0.4, 0.5) is 0 Å². The zero-order chi connectivity index (χ0) is 11.5. The average Bonchev–Trinajstić information content (AvgIpc) is 2.59. The van der Waals surface area contributed by atoms with Crippen molar-refractivity contribution < 1.29 is 0 Å². The highest BCUT2D eigenvalue weighted by Gasteiger charge is 2.12. The lowest BCUT2D eigenvalue weighted by molar-refractivity contribution is 0.663. The summed E-state index contributed by atoms with van der Waals surface area (Å²) >= 11 is 1.69. The Morgan fingerprint density at radius 3 is 2.56 bits per heavy atom. The predicted molar refractivity (Wildman–Crippen MR) is 64.3 cm³/mol. The topological polar surface area (TPSA) is 64.7 Å². The van der Waals surface area contributed by atoms with E-state index in [9.17, 15) is 0 Å². The van der Waals surface area contributed by atoms with Crippen LogP contribution in [0.2, 0.25) is 0 Å². The molecular weight excluding hydrogens is 220 g/mol. The summed E-state index contributed by atoms with van der Waals surface area (Å²) in [5, 5.41) is 1.05. The summed E-state index contributed by atoms with van der Waals surface area (Å²) in [7, 11) is 0. The fourth-order valence-electron chi connectivity index (χ4n) is 1.41. The lowest BCUT2D eigenvalue weighted by Gasteiger charge is -2.06. The number of nitrogens with two attached hydrogens (primary N) is 1. The standard InChI is InChI=1S/C11H14N4S/c1-7-8(2)16-10(15-7)6-9(12)11-13-4-3-5-14-11/h3-5,9H,6,12H2,1-2H3. The molecule has 0 radical (unpaired) electrons. The van der Waals surface area contributed by atoms with Crippen LogP contribution in [0.25, 0.3) is 0 Å². The van der Waals surface area contributed by atoms with Crippen LogP contribution >= 0.6 is 11.3 Å². The van der Waals surface area contributed by atoms with Crippen molar-refractivity contribution in [1.29, 1.82) is 0 Å². The Morgan fingerprint density at radius 1 is 1.31 bits per heavy atom. The zero-order valence-corrected chi connectivity index (χ0v) is 10.2. The van der Waals surface area contributed by atoms with Crippen molar-refractivity contribution in [2.45, 2.75) is 26.3 Å². The Bertz CT molecular complexity index is 447. The molecular formula is C11H14N4S. The quantitative estimate of drug-likeness (QED) is 0.879. The second kappa shape index (κ2) is 4.67. The Morgan fingerprint density at radius 2 is 2.00 bits per heavy atom. The third-order valence-corrected chi connectivity index (χ3v) is 3.48. The molecule has 84 valence electrons. The fraction of sp³-hybridized carbons (Fsp3) is 0.364. The van der Waals surface area contributed by atoms with Crippen molar-refractivity contribution in [2.24, 2.45) is 5.73 Å². The van der Waals surface area contributed by atoms with E-state index in [1.54, 1.807) is 29.8 Å². The van der Waals surface area contributed by atoms with E-state index < -0.39 is 0 Å². The maximum Gasteiger partial charge on any atom is 0.145 e. The molecule has 16 heavy (non-hydrogen) atoms. The molecule has 1 unspecified atom stereocenters.